The van der Waals surface area contributed by atoms with Crippen LogP contribution in [0.15, 0.2) is 24.3 Å². The molecule has 0 atom stereocenters. The Balaban J connectivity index is 1.90. The lowest BCUT2D eigenvalue weighted by Gasteiger charge is -2.27. The van der Waals surface area contributed by atoms with E-state index < -0.39 is 0 Å². The first-order valence-electron chi connectivity index (χ1n) is 6.99. The third kappa shape index (κ3) is 4.39. The van der Waals surface area contributed by atoms with Crippen molar-refractivity contribution < 1.29 is 4.74 Å². The summed E-state index contributed by atoms with van der Waals surface area (Å²) in [5.74, 6) is 0.864. The lowest BCUT2D eigenvalue weighted by Crippen LogP contribution is -2.36. The number of rotatable bonds is 2. The van der Waals surface area contributed by atoms with Crippen LogP contribution >= 0.6 is 12.2 Å². The van der Waals surface area contributed by atoms with Gasteiger partial charge in [0.15, 0.2) is 5.11 Å². The second-order valence-corrected chi connectivity index (χ2v) is 5.30. The lowest BCUT2D eigenvalue weighted by molar-refractivity contribution is 0.366. The molecule has 0 unspecified atom stereocenters. The Kier molecular flexibility index (Phi) is 5.45. The minimum absolute atomic E-state index is 0.840. The number of hydrogen-bond acceptors (Lipinski definition) is 2. The van der Waals surface area contributed by atoms with Gasteiger partial charge in [-0.2, -0.15) is 0 Å². The van der Waals surface area contributed by atoms with Gasteiger partial charge in [0, 0.05) is 18.8 Å². The largest absolute Gasteiger partial charge is 0.497 e. The molecule has 2 rings (SSSR count). The summed E-state index contributed by atoms with van der Waals surface area (Å²) in [4.78, 5) is 2.29. The average Bonchev–Trinajstić information content (AvgIpc) is 2.39. The van der Waals surface area contributed by atoms with E-state index in [2.05, 4.69) is 10.2 Å². The molecule has 0 amide bonds. The Morgan fingerprint density at radius 3 is 2.21 bits per heavy atom. The van der Waals surface area contributed by atoms with Crippen LogP contribution in [0, 0.1) is 0 Å². The van der Waals surface area contributed by atoms with Crippen molar-refractivity contribution in [2.45, 2.75) is 32.1 Å². The maximum absolute atomic E-state index is 5.51. The molecule has 1 aliphatic heterocycles. The lowest BCUT2D eigenvalue weighted by atomic mass is 10.1. The molecule has 0 saturated carbocycles. The van der Waals surface area contributed by atoms with Crippen LogP contribution in [0.4, 0.5) is 5.69 Å². The molecule has 3 nitrogen and oxygen atoms in total. The molecule has 1 heterocycles. The number of hydrogen-bond donors (Lipinski definition) is 1. The van der Waals surface area contributed by atoms with E-state index in [0.29, 0.717) is 0 Å². The summed E-state index contributed by atoms with van der Waals surface area (Å²) in [5.41, 5.74) is 1.02. The molecule has 0 spiro atoms. The minimum atomic E-state index is 0.840. The summed E-state index contributed by atoms with van der Waals surface area (Å²) < 4.78 is 5.15. The molecule has 0 aliphatic carbocycles. The molecule has 0 aromatic heterocycles. The van der Waals surface area contributed by atoms with Crippen LogP contribution in [0.5, 0.6) is 5.75 Å². The topological polar surface area (TPSA) is 24.5 Å². The van der Waals surface area contributed by atoms with Gasteiger partial charge in [-0.15, -0.1) is 0 Å². The van der Waals surface area contributed by atoms with E-state index in [-0.39, 0.29) is 0 Å². The number of likely N-dealkylation sites (tertiary alicyclic amines) is 1. The van der Waals surface area contributed by atoms with Crippen molar-refractivity contribution >= 4 is 23.0 Å². The highest BCUT2D eigenvalue weighted by atomic mass is 32.1. The van der Waals surface area contributed by atoms with E-state index in [1.54, 1.807) is 7.11 Å². The van der Waals surface area contributed by atoms with Gasteiger partial charge in [-0.05, 0) is 49.3 Å². The summed E-state index contributed by atoms with van der Waals surface area (Å²) in [5, 5.41) is 4.15. The minimum Gasteiger partial charge on any atom is -0.497 e. The van der Waals surface area contributed by atoms with E-state index >= 15 is 0 Å². The second-order valence-electron chi connectivity index (χ2n) is 4.91. The Morgan fingerprint density at radius 1 is 1.05 bits per heavy atom. The number of anilines is 1. The number of ether oxygens (including phenoxy) is 1. The third-order valence-corrected chi connectivity index (χ3v) is 3.84. The van der Waals surface area contributed by atoms with Crippen LogP contribution in [-0.2, 0) is 0 Å². The highest BCUT2D eigenvalue weighted by Crippen LogP contribution is 2.16. The van der Waals surface area contributed by atoms with Crippen LogP contribution in [0.3, 0.4) is 0 Å². The maximum Gasteiger partial charge on any atom is 0.173 e. The summed E-state index contributed by atoms with van der Waals surface area (Å²) in [6.07, 6.45) is 6.49. The molecular formula is C15H22N2OS. The summed E-state index contributed by atoms with van der Waals surface area (Å²) in [6, 6.07) is 7.88. The van der Waals surface area contributed by atoms with E-state index in [0.717, 1.165) is 29.6 Å². The first kappa shape index (κ1) is 14.1. The van der Waals surface area contributed by atoms with Gasteiger partial charge in [-0.25, -0.2) is 0 Å². The summed E-state index contributed by atoms with van der Waals surface area (Å²) >= 11 is 5.51. The Morgan fingerprint density at radius 2 is 1.63 bits per heavy atom. The predicted octanol–water partition coefficient (Wildman–Crippen LogP) is 3.66. The Labute approximate surface area is 120 Å². The van der Waals surface area contributed by atoms with Crippen LogP contribution in [-0.4, -0.2) is 30.2 Å². The van der Waals surface area contributed by atoms with E-state index in [9.17, 15) is 0 Å². The molecule has 1 aliphatic rings. The molecule has 1 aromatic carbocycles. The molecule has 1 aromatic rings. The van der Waals surface area contributed by atoms with Gasteiger partial charge in [-0.3, -0.25) is 0 Å². The van der Waals surface area contributed by atoms with E-state index in [4.69, 9.17) is 17.0 Å². The summed E-state index contributed by atoms with van der Waals surface area (Å²) in [6.45, 7) is 2.14. The van der Waals surface area contributed by atoms with Crippen molar-refractivity contribution in [1.82, 2.24) is 4.90 Å². The molecule has 0 radical (unpaired) electrons. The molecular weight excluding hydrogens is 256 g/mol. The number of thiocarbonyl (C=S) groups is 1. The first-order chi connectivity index (χ1) is 9.29. The normalized spacial score (nSPS) is 16.4. The molecule has 0 bridgehead atoms. The molecule has 4 heteroatoms. The number of nitrogens with one attached hydrogen (secondary N) is 1. The molecule has 19 heavy (non-hydrogen) atoms. The molecule has 1 fully saturated rings. The van der Waals surface area contributed by atoms with Crippen molar-refractivity contribution in [2.24, 2.45) is 0 Å². The van der Waals surface area contributed by atoms with Gasteiger partial charge >= 0.3 is 0 Å². The van der Waals surface area contributed by atoms with Crippen molar-refractivity contribution in [2.75, 3.05) is 25.5 Å². The van der Waals surface area contributed by atoms with Crippen LogP contribution < -0.4 is 10.1 Å². The van der Waals surface area contributed by atoms with Gasteiger partial charge in [0.05, 0.1) is 7.11 Å². The van der Waals surface area contributed by atoms with Gasteiger partial charge in [0.2, 0.25) is 0 Å². The maximum atomic E-state index is 5.51. The first-order valence-corrected chi connectivity index (χ1v) is 7.40. The third-order valence-electron chi connectivity index (χ3n) is 3.48. The van der Waals surface area contributed by atoms with Gasteiger partial charge in [-0.1, -0.05) is 19.3 Å². The predicted molar refractivity (Wildman–Crippen MR) is 83.9 cm³/mol. The average molecular weight is 278 g/mol. The van der Waals surface area contributed by atoms with Crippen molar-refractivity contribution in [3.05, 3.63) is 24.3 Å². The second kappa shape index (κ2) is 7.34. The van der Waals surface area contributed by atoms with Crippen molar-refractivity contribution in [3.63, 3.8) is 0 Å². The number of nitrogens with zero attached hydrogens (tertiary/aromatic N) is 1. The molecule has 1 N–H and O–H groups in total. The highest BCUT2D eigenvalue weighted by Gasteiger charge is 2.11. The van der Waals surface area contributed by atoms with E-state index in [1.165, 1.54) is 32.1 Å². The zero-order valence-electron chi connectivity index (χ0n) is 11.5. The van der Waals surface area contributed by atoms with Crippen LogP contribution in [0.1, 0.15) is 32.1 Å². The Bertz CT molecular complexity index is 397. The van der Waals surface area contributed by atoms with Gasteiger partial charge in [0.1, 0.15) is 5.75 Å². The van der Waals surface area contributed by atoms with Gasteiger partial charge in [0.25, 0.3) is 0 Å². The van der Waals surface area contributed by atoms with Crippen molar-refractivity contribution in [3.8, 4) is 5.75 Å². The fourth-order valence-electron chi connectivity index (χ4n) is 2.33. The SMILES string of the molecule is COc1ccc(NC(=S)N2CCCCCCC2)cc1. The smallest absolute Gasteiger partial charge is 0.173 e. The monoisotopic (exact) mass is 278 g/mol. The Hall–Kier alpha value is -1.29. The molecule has 104 valence electrons. The fraction of sp³-hybridized carbons (Fsp3) is 0.533. The quantitative estimate of drug-likeness (QED) is 0.834. The van der Waals surface area contributed by atoms with Crippen LogP contribution in [0.25, 0.3) is 0 Å². The standard InChI is InChI=1S/C15H22N2OS/c1-18-14-9-7-13(8-10-14)16-15(19)17-11-5-3-2-4-6-12-17/h7-10H,2-6,11-12H2,1H3,(H,16,19). The number of benzene rings is 1. The fourth-order valence-corrected chi connectivity index (χ4v) is 2.63. The van der Waals surface area contributed by atoms with Gasteiger partial charge < -0.3 is 15.0 Å². The molecule has 1 saturated heterocycles. The number of methoxy groups -OCH3 is 1. The zero-order chi connectivity index (χ0) is 13.5. The van der Waals surface area contributed by atoms with Crippen molar-refractivity contribution in [1.29, 1.82) is 0 Å². The summed E-state index contributed by atoms with van der Waals surface area (Å²) in [7, 11) is 1.67. The highest BCUT2D eigenvalue weighted by molar-refractivity contribution is 7.80. The zero-order valence-corrected chi connectivity index (χ0v) is 12.3. The van der Waals surface area contributed by atoms with Crippen LogP contribution in [0.2, 0.25) is 0 Å². The van der Waals surface area contributed by atoms with E-state index in [1.807, 2.05) is 24.3 Å².